The van der Waals surface area contributed by atoms with Crippen LogP contribution >= 0.6 is 0 Å². The summed E-state index contributed by atoms with van der Waals surface area (Å²) in [6, 6.07) is 3.53. The van der Waals surface area contributed by atoms with Crippen LogP contribution in [0.4, 0.5) is 8.78 Å². The molecule has 2 atom stereocenters. The van der Waals surface area contributed by atoms with Gasteiger partial charge in [0.2, 0.25) is 0 Å². The molecule has 1 fully saturated rings. The highest BCUT2D eigenvalue weighted by molar-refractivity contribution is 5.69. The first-order chi connectivity index (χ1) is 8.15. The van der Waals surface area contributed by atoms with E-state index < -0.39 is 11.6 Å². The first-order valence-corrected chi connectivity index (χ1v) is 6.07. The molecule has 1 N–H and O–H groups in total. The summed E-state index contributed by atoms with van der Waals surface area (Å²) in [5.41, 5.74) is 1.52. The van der Waals surface area contributed by atoms with Crippen molar-refractivity contribution in [2.24, 2.45) is 0 Å². The molecule has 2 bridgehead atoms. The third kappa shape index (κ3) is 1.78. The van der Waals surface area contributed by atoms with Crippen LogP contribution in [0, 0.1) is 18.6 Å². The molecule has 2 unspecified atom stereocenters. The van der Waals surface area contributed by atoms with Crippen LogP contribution in [0.1, 0.15) is 30.4 Å². The zero-order chi connectivity index (χ0) is 12.0. The number of halogens is 2. The molecule has 1 nitrogen and oxygen atoms in total. The van der Waals surface area contributed by atoms with Gasteiger partial charge in [0.05, 0.1) is 0 Å². The minimum Gasteiger partial charge on any atom is -0.307 e. The molecule has 1 aromatic carbocycles. The molecule has 90 valence electrons. The van der Waals surface area contributed by atoms with Crippen LogP contribution in [0.25, 0.3) is 5.57 Å². The Morgan fingerprint density at radius 3 is 2.82 bits per heavy atom. The van der Waals surface area contributed by atoms with Gasteiger partial charge in [-0.05, 0) is 43.4 Å². The van der Waals surface area contributed by atoms with E-state index >= 15 is 0 Å². The Morgan fingerprint density at radius 2 is 2.06 bits per heavy atom. The number of rotatable bonds is 1. The van der Waals surface area contributed by atoms with E-state index in [2.05, 4.69) is 5.32 Å². The van der Waals surface area contributed by atoms with Crippen molar-refractivity contribution in [2.75, 3.05) is 0 Å². The average Bonchev–Trinajstić information content (AvgIpc) is 2.64. The Bertz CT molecular complexity index is 493. The molecule has 1 aromatic rings. The first-order valence-electron chi connectivity index (χ1n) is 6.07. The molecule has 2 heterocycles. The highest BCUT2D eigenvalue weighted by Gasteiger charge is 2.30. The molecular formula is C14H15F2N. The van der Waals surface area contributed by atoms with E-state index in [1.165, 1.54) is 12.1 Å². The maximum Gasteiger partial charge on any atom is 0.136 e. The minimum absolute atomic E-state index is 0.184. The normalized spacial score (nSPS) is 27.1. The molecule has 3 heteroatoms. The summed E-state index contributed by atoms with van der Waals surface area (Å²) in [6.45, 7) is 1.68. The van der Waals surface area contributed by atoms with E-state index in [0.29, 0.717) is 17.6 Å². The summed E-state index contributed by atoms with van der Waals surface area (Å²) in [5, 5.41) is 3.42. The summed E-state index contributed by atoms with van der Waals surface area (Å²) < 4.78 is 27.8. The van der Waals surface area contributed by atoms with Crippen molar-refractivity contribution in [1.29, 1.82) is 0 Å². The fraction of sp³-hybridized carbons (Fsp3) is 0.429. The molecule has 3 rings (SSSR count). The first kappa shape index (κ1) is 10.9. The van der Waals surface area contributed by atoms with Gasteiger partial charge in [-0.2, -0.15) is 0 Å². The van der Waals surface area contributed by atoms with Gasteiger partial charge in [0.15, 0.2) is 0 Å². The standard InChI is InChI=1S/C14H15F2N/c1-8-2-5-12(15)13(14(8)16)9-6-10-3-4-11(7-9)17-10/h2,5-6,10-11,17H,3-4,7H2,1H3. The summed E-state index contributed by atoms with van der Waals surface area (Å²) in [6.07, 6.45) is 4.89. The summed E-state index contributed by atoms with van der Waals surface area (Å²) in [4.78, 5) is 0. The van der Waals surface area contributed by atoms with Crippen LogP contribution in [0.5, 0.6) is 0 Å². The summed E-state index contributed by atoms with van der Waals surface area (Å²) in [5.74, 6) is -0.849. The van der Waals surface area contributed by atoms with Gasteiger partial charge in [-0.3, -0.25) is 0 Å². The third-order valence-electron chi connectivity index (χ3n) is 3.75. The van der Waals surface area contributed by atoms with E-state index in [0.717, 1.165) is 24.8 Å². The summed E-state index contributed by atoms with van der Waals surface area (Å²) >= 11 is 0. The topological polar surface area (TPSA) is 12.0 Å². The minimum atomic E-state index is -0.444. The lowest BCUT2D eigenvalue weighted by molar-refractivity contribution is 0.550. The van der Waals surface area contributed by atoms with Gasteiger partial charge < -0.3 is 5.32 Å². The van der Waals surface area contributed by atoms with E-state index in [4.69, 9.17) is 0 Å². The lowest BCUT2D eigenvalue weighted by atomic mass is 9.94. The predicted molar refractivity (Wildman–Crippen MR) is 63.6 cm³/mol. The molecule has 0 aliphatic carbocycles. The van der Waals surface area contributed by atoms with E-state index in [-0.39, 0.29) is 5.56 Å². The van der Waals surface area contributed by atoms with Gasteiger partial charge in [-0.1, -0.05) is 12.1 Å². The monoisotopic (exact) mass is 235 g/mol. The molecular weight excluding hydrogens is 220 g/mol. The zero-order valence-corrected chi connectivity index (χ0v) is 9.76. The van der Waals surface area contributed by atoms with Crippen LogP contribution in [0.3, 0.4) is 0 Å². The lowest BCUT2D eigenvalue weighted by Gasteiger charge is -2.22. The van der Waals surface area contributed by atoms with Crippen LogP contribution in [0.2, 0.25) is 0 Å². The number of hydrogen-bond donors (Lipinski definition) is 1. The Balaban J connectivity index is 2.08. The molecule has 2 aliphatic rings. The largest absolute Gasteiger partial charge is 0.307 e. The second kappa shape index (κ2) is 3.91. The maximum atomic E-state index is 14.0. The van der Waals surface area contributed by atoms with Gasteiger partial charge in [0.1, 0.15) is 11.6 Å². The van der Waals surface area contributed by atoms with Gasteiger partial charge in [-0.15, -0.1) is 0 Å². The predicted octanol–water partition coefficient (Wildman–Crippen LogP) is 3.18. The number of nitrogens with one attached hydrogen (secondary N) is 1. The highest BCUT2D eigenvalue weighted by Crippen LogP contribution is 2.34. The van der Waals surface area contributed by atoms with Crippen molar-refractivity contribution in [2.45, 2.75) is 38.3 Å². The molecule has 0 spiro atoms. The molecule has 0 amide bonds. The zero-order valence-electron chi connectivity index (χ0n) is 9.76. The number of aryl methyl sites for hydroxylation is 1. The second-order valence-electron chi connectivity index (χ2n) is 5.00. The fourth-order valence-electron chi connectivity index (χ4n) is 2.86. The van der Waals surface area contributed by atoms with E-state index in [1.54, 1.807) is 6.92 Å². The van der Waals surface area contributed by atoms with Crippen LogP contribution in [0.15, 0.2) is 18.2 Å². The molecule has 1 saturated heterocycles. The van der Waals surface area contributed by atoms with E-state index in [1.807, 2.05) is 6.08 Å². The quantitative estimate of drug-likeness (QED) is 0.788. The third-order valence-corrected chi connectivity index (χ3v) is 3.75. The van der Waals surface area contributed by atoms with Crippen molar-refractivity contribution in [3.05, 3.63) is 41.0 Å². The van der Waals surface area contributed by atoms with Crippen LogP contribution in [-0.4, -0.2) is 12.1 Å². The molecule has 2 aliphatic heterocycles. The number of hydrogen-bond acceptors (Lipinski definition) is 1. The van der Waals surface area contributed by atoms with Gasteiger partial charge >= 0.3 is 0 Å². The molecule has 0 aromatic heterocycles. The Labute approximate surface area is 99.5 Å². The van der Waals surface area contributed by atoms with Crippen molar-refractivity contribution < 1.29 is 8.78 Å². The van der Waals surface area contributed by atoms with Gasteiger partial charge in [0.25, 0.3) is 0 Å². The van der Waals surface area contributed by atoms with Gasteiger partial charge in [0, 0.05) is 17.6 Å². The second-order valence-corrected chi connectivity index (χ2v) is 5.00. The smallest absolute Gasteiger partial charge is 0.136 e. The maximum absolute atomic E-state index is 14.0. The average molecular weight is 235 g/mol. The van der Waals surface area contributed by atoms with Crippen molar-refractivity contribution in [3.8, 4) is 0 Å². The number of benzene rings is 1. The molecule has 0 saturated carbocycles. The highest BCUT2D eigenvalue weighted by atomic mass is 19.1. The van der Waals surface area contributed by atoms with Gasteiger partial charge in [-0.25, -0.2) is 8.78 Å². The lowest BCUT2D eigenvalue weighted by Crippen LogP contribution is -2.32. The summed E-state index contributed by atoms with van der Waals surface area (Å²) in [7, 11) is 0. The Morgan fingerprint density at radius 1 is 1.24 bits per heavy atom. The van der Waals surface area contributed by atoms with Crippen LogP contribution in [-0.2, 0) is 0 Å². The van der Waals surface area contributed by atoms with Crippen LogP contribution < -0.4 is 5.32 Å². The van der Waals surface area contributed by atoms with Crippen molar-refractivity contribution in [3.63, 3.8) is 0 Å². The SMILES string of the molecule is Cc1ccc(F)c(C2=CC3CCC(C2)N3)c1F. The molecule has 17 heavy (non-hydrogen) atoms. The Kier molecular flexibility index (Phi) is 2.51. The fourth-order valence-corrected chi connectivity index (χ4v) is 2.86. The van der Waals surface area contributed by atoms with Crippen molar-refractivity contribution >= 4 is 5.57 Å². The van der Waals surface area contributed by atoms with Crippen molar-refractivity contribution in [1.82, 2.24) is 5.32 Å². The Hall–Kier alpha value is -1.22. The molecule has 0 radical (unpaired) electrons. The van der Waals surface area contributed by atoms with E-state index in [9.17, 15) is 8.78 Å². The number of fused-ring (bicyclic) bond motifs is 2.